The molecule has 0 unspecified atom stereocenters. The highest BCUT2D eigenvalue weighted by atomic mass is 35.5. The lowest BCUT2D eigenvalue weighted by atomic mass is 10.2. The third-order valence-electron chi connectivity index (χ3n) is 3.13. The van der Waals surface area contributed by atoms with Gasteiger partial charge in [0.05, 0.1) is 10.7 Å². The number of nitrogens with zero attached hydrogens (tertiary/aromatic N) is 1. The fourth-order valence-corrected chi connectivity index (χ4v) is 2.86. The van der Waals surface area contributed by atoms with Crippen LogP contribution in [-0.4, -0.2) is 17.0 Å². The van der Waals surface area contributed by atoms with Crippen LogP contribution in [0, 0.1) is 12.7 Å². The number of hydrogen-bond donors (Lipinski definition) is 3. The maximum absolute atomic E-state index is 13.3. The van der Waals surface area contributed by atoms with Crippen molar-refractivity contribution in [3.05, 3.63) is 46.5 Å². The van der Waals surface area contributed by atoms with E-state index >= 15 is 0 Å². The van der Waals surface area contributed by atoms with Crippen LogP contribution in [0.15, 0.2) is 24.4 Å². The van der Waals surface area contributed by atoms with Crippen molar-refractivity contribution in [3.8, 4) is 0 Å². The van der Waals surface area contributed by atoms with Gasteiger partial charge in [-0.3, -0.25) is 4.79 Å². The predicted molar refractivity (Wildman–Crippen MR) is 94.4 cm³/mol. The summed E-state index contributed by atoms with van der Waals surface area (Å²) in [5.74, 6) is -0.670. The Labute approximate surface area is 143 Å². The molecule has 0 aliphatic heterocycles. The Morgan fingerprint density at radius 1 is 1.43 bits per heavy atom. The van der Waals surface area contributed by atoms with E-state index in [0.29, 0.717) is 27.7 Å². The van der Waals surface area contributed by atoms with Gasteiger partial charge in [-0.2, -0.15) is 0 Å². The van der Waals surface area contributed by atoms with Gasteiger partial charge in [-0.1, -0.05) is 18.5 Å². The lowest BCUT2D eigenvalue weighted by molar-refractivity contribution is 0.101. The molecule has 0 aliphatic rings. The molecule has 1 amide bonds. The Morgan fingerprint density at radius 3 is 2.83 bits per heavy atom. The van der Waals surface area contributed by atoms with Crippen LogP contribution in [-0.2, 0) is 7.05 Å². The smallest absolute Gasteiger partial charge is 0.273 e. The number of carbonyl (C=O) groups is 1. The monoisotopic (exact) mass is 356 g/mol. The first kappa shape index (κ1) is 17.7. The van der Waals surface area contributed by atoms with Crippen LogP contribution in [0.5, 0.6) is 0 Å². The van der Waals surface area contributed by atoms with E-state index in [1.54, 1.807) is 30.8 Å². The number of halogens is 2. The highest BCUT2D eigenvalue weighted by Gasteiger charge is 2.19. The minimum absolute atomic E-state index is 0.313. The zero-order valence-electron chi connectivity index (χ0n) is 13.0. The second-order valence-electron chi connectivity index (χ2n) is 4.94. The molecule has 0 atom stereocenters. The molecule has 0 radical (unpaired) electrons. The summed E-state index contributed by atoms with van der Waals surface area (Å²) in [5.41, 5.74) is 1.95. The van der Waals surface area contributed by atoms with Gasteiger partial charge in [-0.25, -0.2) is 9.11 Å². The Bertz CT molecular complexity index is 720. The molecule has 1 aromatic carbocycles. The zero-order valence-corrected chi connectivity index (χ0v) is 14.6. The fourth-order valence-electron chi connectivity index (χ4n) is 2.00. The van der Waals surface area contributed by atoms with Crippen molar-refractivity contribution in [2.24, 2.45) is 7.05 Å². The molecule has 1 aromatic heterocycles. The summed E-state index contributed by atoms with van der Waals surface area (Å²) < 4.78 is 21.0. The SMILES string of the molecule is CCNSNc1cn(C)c(C(=O)Nc2ccc(F)c(C)c2)c1Cl. The quantitative estimate of drug-likeness (QED) is 0.541. The predicted octanol–water partition coefficient (Wildman–Crippen LogP) is 3.96. The van der Waals surface area contributed by atoms with E-state index in [9.17, 15) is 9.18 Å². The number of carbonyl (C=O) groups excluding carboxylic acids is 1. The summed E-state index contributed by atoms with van der Waals surface area (Å²) in [6.45, 7) is 4.41. The topological polar surface area (TPSA) is 58.1 Å². The Balaban J connectivity index is 2.17. The van der Waals surface area contributed by atoms with Gasteiger partial charge in [-0.05, 0) is 30.7 Å². The van der Waals surface area contributed by atoms with E-state index in [4.69, 9.17) is 11.6 Å². The Morgan fingerprint density at radius 2 is 2.17 bits per heavy atom. The molecule has 0 fully saturated rings. The van der Waals surface area contributed by atoms with Gasteiger partial charge in [0.15, 0.2) is 0 Å². The average Bonchev–Trinajstić information content (AvgIpc) is 2.78. The molecule has 1 heterocycles. The van der Waals surface area contributed by atoms with Crippen LogP contribution in [0.4, 0.5) is 15.8 Å². The number of nitrogens with one attached hydrogen (secondary N) is 3. The molecule has 0 aliphatic carbocycles. The second-order valence-corrected chi connectivity index (χ2v) is 6.01. The summed E-state index contributed by atoms with van der Waals surface area (Å²) >= 11 is 7.57. The minimum Gasteiger partial charge on any atom is -0.343 e. The summed E-state index contributed by atoms with van der Waals surface area (Å²) in [6, 6.07) is 4.40. The maximum Gasteiger partial charge on any atom is 0.273 e. The first-order valence-corrected chi connectivity index (χ1v) is 8.20. The molecule has 0 saturated carbocycles. The van der Waals surface area contributed by atoms with Gasteiger partial charge in [0, 0.05) is 37.6 Å². The number of hydrogen-bond acceptors (Lipinski definition) is 4. The third-order valence-corrected chi connectivity index (χ3v) is 4.27. The van der Waals surface area contributed by atoms with Gasteiger partial charge in [0.25, 0.3) is 5.91 Å². The van der Waals surface area contributed by atoms with E-state index in [1.807, 2.05) is 6.92 Å². The van der Waals surface area contributed by atoms with E-state index < -0.39 is 0 Å². The van der Waals surface area contributed by atoms with Crippen molar-refractivity contribution in [3.63, 3.8) is 0 Å². The van der Waals surface area contributed by atoms with Gasteiger partial charge < -0.3 is 14.6 Å². The van der Waals surface area contributed by atoms with E-state index in [1.165, 1.54) is 24.3 Å². The highest BCUT2D eigenvalue weighted by molar-refractivity contribution is 7.98. The highest BCUT2D eigenvalue weighted by Crippen LogP contribution is 2.30. The lowest BCUT2D eigenvalue weighted by Gasteiger charge is -2.08. The molecule has 0 bridgehead atoms. The lowest BCUT2D eigenvalue weighted by Crippen LogP contribution is -2.16. The number of rotatable bonds is 6. The molecule has 124 valence electrons. The standard InChI is InChI=1S/C15H18ClFN4OS/c1-4-18-23-20-12-8-21(3)14(13(12)16)15(22)19-10-5-6-11(17)9(2)7-10/h5-8,18,20H,4H2,1-3H3,(H,19,22). The van der Waals surface area contributed by atoms with E-state index in [-0.39, 0.29) is 11.7 Å². The molecule has 8 heteroatoms. The minimum atomic E-state index is -0.356. The van der Waals surface area contributed by atoms with Crippen molar-refractivity contribution in [2.45, 2.75) is 13.8 Å². The Hall–Kier alpha value is -1.70. The summed E-state index contributed by atoms with van der Waals surface area (Å²) in [6.07, 6.45) is 1.73. The van der Waals surface area contributed by atoms with Crippen molar-refractivity contribution >= 4 is 41.0 Å². The van der Waals surface area contributed by atoms with Crippen molar-refractivity contribution in [2.75, 3.05) is 16.6 Å². The van der Waals surface area contributed by atoms with Crippen LogP contribution in [0.2, 0.25) is 5.02 Å². The maximum atomic E-state index is 13.3. The molecule has 0 saturated heterocycles. The first-order valence-electron chi connectivity index (χ1n) is 7.01. The fraction of sp³-hybridized carbons (Fsp3) is 0.267. The van der Waals surface area contributed by atoms with Crippen molar-refractivity contribution < 1.29 is 9.18 Å². The molecule has 0 spiro atoms. The summed E-state index contributed by atoms with van der Waals surface area (Å²) in [4.78, 5) is 12.4. The zero-order chi connectivity index (χ0) is 17.0. The number of benzene rings is 1. The summed E-state index contributed by atoms with van der Waals surface area (Å²) in [7, 11) is 1.74. The number of aromatic nitrogens is 1. The van der Waals surface area contributed by atoms with Crippen LogP contribution in [0.3, 0.4) is 0 Å². The Kier molecular flexibility index (Phi) is 5.92. The van der Waals surface area contributed by atoms with E-state index in [0.717, 1.165) is 6.54 Å². The molecule has 5 nitrogen and oxygen atoms in total. The van der Waals surface area contributed by atoms with Crippen LogP contribution in [0.25, 0.3) is 0 Å². The molecule has 2 rings (SSSR count). The molecular weight excluding hydrogens is 339 g/mol. The third kappa shape index (κ3) is 4.19. The van der Waals surface area contributed by atoms with Crippen LogP contribution in [0.1, 0.15) is 23.0 Å². The molecular formula is C15H18ClFN4OS. The largest absolute Gasteiger partial charge is 0.343 e. The molecule has 3 N–H and O–H groups in total. The van der Waals surface area contributed by atoms with Gasteiger partial charge in [0.2, 0.25) is 0 Å². The van der Waals surface area contributed by atoms with Crippen molar-refractivity contribution in [1.29, 1.82) is 0 Å². The number of amides is 1. The van der Waals surface area contributed by atoms with Gasteiger partial charge in [-0.15, -0.1) is 0 Å². The van der Waals surface area contributed by atoms with Crippen molar-refractivity contribution in [1.82, 2.24) is 9.29 Å². The average molecular weight is 357 g/mol. The van der Waals surface area contributed by atoms with Gasteiger partial charge in [0.1, 0.15) is 11.5 Å². The second kappa shape index (κ2) is 7.72. The number of aryl methyl sites for hydroxylation is 2. The summed E-state index contributed by atoms with van der Waals surface area (Å²) in [5, 5.41) is 3.06. The molecule has 2 aromatic rings. The normalized spacial score (nSPS) is 10.7. The van der Waals surface area contributed by atoms with Crippen LogP contribution >= 0.6 is 23.7 Å². The van der Waals surface area contributed by atoms with Gasteiger partial charge >= 0.3 is 0 Å². The first-order chi connectivity index (χ1) is 10.9. The van der Waals surface area contributed by atoms with E-state index in [2.05, 4.69) is 14.8 Å². The number of anilines is 2. The molecule has 23 heavy (non-hydrogen) atoms. The van der Waals surface area contributed by atoms with Crippen LogP contribution < -0.4 is 14.8 Å².